The van der Waals surface area contributed by atoms with Crippen LogP contribution in [0, 0.1) is 6.92 Å². The summed E-state index contributed by atoms with van der Waals surface area (Å²) in [5.74, 6) is 1.56. The van der Waals surface area contributed by atoms with Crippen LogP contribution in [0.15, 0.2) is 36.4 Å². The molecule has 0 saturated carbocycles. The first kappa shape index (κ1) is 15.0. The molecule has 2 N–H and O–H groups in total. The Bertz CT molecular complexity index is 611. The van der Waals surface area contributed by atoms with Crippen LogP contribution in [0.4, 0.5) is 5.69 Å². The lowest BCUT2D eigenvalue weighted by atomic mass is 10.1. The molecular formula is C17H21NO3. The van der Waals surface area contributed by atoms with Gasteiger partial charge in [-0.05, 0) is 55.3 Å². The second kappa shape index (κ2) is 6.88. The molecule has 0 fully saturated rings. The van der Waals surface area contributed by atoms with Crippen LogP contribution in [0.1, 0.15) is 18.1 Å². The summed E-state index contributed by atoms with van der Waals surface area (Å²) in [6, 6.07) is 11.4. The van der Waals surface area contributed by atoms with Crippen molar-refractivity contribution in [2.75, 3.05) is 19.0 Å². The molecule has 0 aliphatic carbocycles. The van der Waals surface area contributed by atoms with Gasteiger partial charge in [0, 0.05) is 12.2 Å². The van der Waals surface area contributed by atoms with E-state index in [0.29, 0.717) is 18.9 Å². The van der Waals surface area contributed by atoms with Gasteiger partial charge in [0.05, 0.1) is 13.7 Å². The Balaban J connectivity index is 2.06. The highest BCUT2D eigenvalue weighted by Gasteiger charge is 2.04. The molecule has 21 heavy (non-hydrogen) atoms. The molecule has 0 bridgehead atoms. The summed E-state index contributed by atoms with van der Waals surface area (Å²) in [5, 5.41) is 13.0. The summed E-state index contributed by atoms with van der Waals surface area (Å²) < 4.78 is 10.6. The molecule has 0 amide bonds. The van der Waals surface area contributed by atoms with Crippen LogP contribution >= 0.6 is 0 Å². The maximum Gasteiger partial charge on any atom is 0.161 e. The molecule has 0 heterocycles. The van der Waals surface area contributed by atoms with E-state index in [2.05, 4.69) is 5.32 Å². The Morgan fingerprint density at radius 2 is 1.90 bits per heavy atom. The topological polar surface area (TPSA) is 50.7 Å². The first-order valence-electron chi connectivity index (χ1n) is 6.97. The van der Waals surface area contributed by atoms with Gasteiger partial charge in [-0.2, -0.15) is 0 Å². The monoisotopic (exact) mass is 287 g/mol. The quantitative estimate of drug-likeness (QED) is 0.850. The number of anilines is 1. The standard InChI is InChI=1S/C17H21NO3/c1-4-21-17-10-13(5-7-15(17)19)11-18-14-6-8-16(20-3)12(2)9-14/h5-10,18-19H,4,11H2,1-3H3. The van der Waals surface area contributed by atoms with Crippen molar-refractivity contribution in [3.63, 3.8) is 0 Å². The number of benzene rings is 2. The summed E-state index contributed by atoms with van der Waals surface area (Å²) in [6.07, 6.45) is 0. The number of rotatable bonds is 6. The van der Waals surface area contributed by atoms with E-state index >= 15 is 0 Å². The van der Waals surface area contributed by atoms with Gasteiger partial charge < -0.3 is 19.9 Å². The molecule has 4 nitrogen and oxygen atoms in total. The van der Waals surface area contributed by atoms with E-state index in [0.717, 1.165) is 22.6 Å². The number of hydrogen-bond donors (Lipinski definition) is 2. The van der Waals surface area contributed by atoms with Crippen molar-refractivity contribution in [3.05, 3.63) is 47.5 Å². The van der Waals surface area contributed by atoms with Crippen molar-refractivity contribution in [1.29, 1.82) is 0 Å². The van der Waals surface area contributed by atoms with Crippen LogP contribution in [-0.4, -0.2) is 18.8 Å². The fraction of sp³-hybridized carbons (Fsp3) is 0.294. The predicted octanol–water partition coefficient (Wildman–Crippen LogP) is 3.72. The smallest absolute Gasteiger partial charge is 0.161 e. The van der Waals surface area contributed by atoms with E-state index in [1.54, 1.807) is 13.2 Å². The number of phenols is 1. The number of phenolic OH excluding ortho intramolecular Hbond substituents is 1. The lowest BCUT2D eigenvalue weighted by Crippen LogP contribution is -2.01. The van der Waals surface area contributed by atoms with Crippen LogP contribution in [0.2, 0.25) is 0 Å². The number of aryl methyl sites for hydroxylation is 1. The molecule has 0 aliphatic rings. The Morgan fingerprint density at radius 1 is 1.10 bits per heavy atom. The van der Waals surface area contributed by atoms with Crippen molar-refractivity contribution in [1.82, 2.24) is 0 Å². The normalized spacial score (nSPS) is 10.2. The molecule has 0 atom stereocenters. The Morgan fingerprint density at radius 3 is 2.57 bits per heavy atom. The SMILES string of the molecule is CCOc1cc(CNc2ccc(OC)c(C)c2)ccc1O. The van der Waals surface area contributed by atoms with Gasteiger partial charge in [-0.25, -0.2) is 0 Å². The minimum Gasteiger partial charge on any atom is -0.504 e. The summed E-state index contributed by atoms with van der Waals surface area (Å²) in [5.41, 5.74) is 3.16. The van der Waals surface area contributed by atoms with Crippen LogP contribution in [-0.2, 0) is 6.54 Å². The van der Waals surface area contributed by atoms with E-state index < -0.39 is 0 Å². The van der Waals surface area contributed by atoms with Gasteiger partial charge in [0.1, 0.15) is 5.75 Å². The highest BCUT2D eigenvalue weighted by Crippen LogP contribution is 2.27. The molecule has 0 unspecified atom stereocenters. The van der Waals surface area contributed by atoms with E-state index in [9.17, 15) is 5.11 Å². The van der Waals surface area contributed by atoms with E-state index in [4.69, 9.17) is 9.47 Å². The van der Waals surface area contributed by atoms with Gasteiger partial charge in [0.15, 0.2) is 11.5 Å². The van der Waals surface area contributed by atoms with E-state index in [-0.39, 0.29) is 5.75 Å². The lowest BCUT2D eigenvalue weighted by Gasteiger charge is -2.11. The summed E-state index contributed by atoms with van der Waals surface area (Å²) in [7, 11) is 1.67. The Labute approximate surface area is 125 Å². The number of nitrogens with one attached hydrogen (secondary N) is 1. The van der Waals surface area contributed by atoms with E-state index in [1.165, 1.54) is 0 Å². The predicted molar refractivity (Wildman–Crippen MR) is 84.3 cm³/mol. The summed E-state index contributed by atoms with van der Waals surface area (Å²) in [4.78, 5) is 0. The van der Waals surface area contributed by atoms with Crippen molar-refractivity contribution < 1.29 is 14.6 Å². The van der Waals surface area contributed by atoms with Gasteiger partial charge in [-0.15, -0.1) is 0 Å². The third-order valence-electron chi connectivity index (χ3n) is 3.22. The van der Waals surface area contributed by atoms with Crippen LogP contribution in [0.3, 0.4) is 0 Å². The first-order chi connectivity index (χ1) is 10.1. The van der Waals surface area contributed by atoms with Crippen LogP contribution in [0.5, 0.6) is 17.2 Å². The first-order valence-corrected chi connectivity index (χ1v) is 6.97. The third-order valence-corrected chi connectivity index (χ3v) is 3.22. The minimum atomic E-state index is 0.167. The zero-order chi connectivity index (χ0) is 15.2. The highest BCUT2D eigenvalue weighted by atomic mass is 16.5. The van der Waals surface area contributed by atoms with Crippen LogP contribution < -0.4 is 14.8 Å². The molecule has 0 spiro atoms. The average Bonchev–Trinajstić information content (AvgIpc) is 2.48. The third kappa shape index (κ3) is 3.81. The van der Waals surface area contributed by atoms with Crippen molar-refractivity contribution in [2.24, 2.45) is 0 Å². The number of ether oxygens (including phenoxy) is 2. The number of hydrogen-bond acceptors (Lipinski definition) is 4. The van der Waals surface area contributed by atoms with Gasteiger partial charge in [0.25, 0.3) is 0 Å². The fourth-order valence-electron chi connectivity index (χ4n) is 2.13. The molecule has 2 aromatic rings. The summed E-state index contributed by atoms with van der Waals surface area (Å²) in [6.45, 7) is 5.09. The average molecular weight is 287 g/mol. The van der Waals surface area contributed by atoms with Crippen LogP contribution in [0.25, 0.3) is 0 Å². The highest BCUT2D eigenvalue weighted by molar-refractivity contribution is 5.51. The van der Waals surface area contributed by atoms with Gasteiger partial charge >= 0.3 is 0 Å². The summed E-state index contributed by atoms with van der Waals surface area (Å²) >= 11 is 0. The molecule has 0 aliphatic heterocycles. The molecule has 112 valence electrons. The fourth-order valence-corrected chi connectivity index (χ4v) is 2.13. The molecule has 2 aromatic carbocycles. The maximum absolute atomic E-state index is 9.69. The van der Waals surface area contributed by atoms with Gasteiger partial charge in [-0.3, -0.25) is 0 Å². The molecule has 0 radical (unpaired) electrons. The molecule has 0 aromatic heterocycles. The van der Waals surface area contributed by atoms with Crippen molar-refractivity contribution in [2.45, 2.75) is 20.4 Å². The molecule has 4 heteroatoms. The maximum atomic E-state index is 9.69. The number of methoxy groups -OCH3 is 1. The molecular weight excluding hydrogens is 266 g/mol. The van der Waals surface area contributed by atoms with Crippen molar-refractivity contribution >= 4 is 5.69 Å². The zero-order valence-electron chi connectivity index (χ0n) is 12.6. The van der Waals surface area contributed by atoms with Gasteiger partial charge in [-0.1, -0.05) is 6.07 Å². The van der Waals surface area contributed by atoms with E-state index in [1.807, 2.05) is 44.2 Å². The Kier molecular flexibility index (Phi) is 4.93. The lowest BCUT2D eigenvalue weighted by molar-refractivity contribution is 0.318. The second-order valence-corrected chi connectivity index (χ2v) is 4.77. The van der Waals surface area contributed by atoms with Gasteiger partial charge in [0.2, 0.25) is 0 Å². The zero-order valence-corrected chi connectivity index (χ0v) is 12.6. The number of aromatic hydroxyl groups is 1. The second-order valence-electron chi connectivity index (χ2n) is 4.77. The van der Waals surface area contributed by atoms with Crippen molar-refractivity contribution in [3.8, 4) is 17.2 Å². The Hall–Kier alpha value is -2.36. The molecule has 2 rings (SSSR count). The minimum absolute atomic E-state index is 0.167. The molecule has 0 saturated heterocycles. The largest absolute Gasteiger partial charge is 0.504 e.